The molecule has 1 atom stereocenters. The zero-order valence-electron chi connectivity index (χ0n) is 11.2. The molecule has 1 saturated heterocycles. The molecule has 102 valence electrons. The number of rotatable bonds is 5. The van der Waals surface area contributed by atoms with Crippen LogP contribution in [0.1, 0.15) is 25.3 Å². The van der Waals surface area contributed by atoms with Crippen LogP contribution in [0.2, 0.25) is 5.02 Å². The minimum atomic E-state index is 0.415. The van der Waals surface area contributed by atoms with E-state index in [1.54, 1.807) is 12.3 Å². The van der Waals surface area contributed by atoms with Gasteiger partial charge in [-0.05, 0) is 37.9 Å². The number of halogens is 1. The highest BCUT2D eigenvalue weighted by atomic mass is 35.5. The fourth-order valence-electron chi connectivity index (χ4n) is 2.39. The second-order valence-electron chi connectivity index (χ2n) is 5.13. The van der Waals surface area contributed by atoms with E-state index < -0.39 is 0 Å². The Bertz CT molecular complexity index is 463. The number of aromatic nitrogens is 1. The maximum Gasteiger partial charge on any atom is 0.146 e. The molecule has 1 aromatic heterocycles. The lowest BCUT2D eigenvalue weighted by atomic mass is 10.1. The van der Waals surface area contributed by atoms with Crippen molar-refractivity contribution in [2.24, 2.45) is 5.92 Å². The number of nitrogens with zero attached hydrogens (tertiary/aromatic N) is 3. The molecule has 4 nitrogen and oxygen atoms in total. The third-order valence-corrected chi connectivity index (χ3v) is 3.78. The molecular weight excluding hydrogens is 260 g/mol. The van der Waals surface area contributed by atoms with E-state index in [0.717, 1.165) is 13.1 Å². The highest BCUT2D eigenvalue weighted by Gasteiger charge is 2.15. The quantitative estimate of drug-likeness (QED) is 0.900. The van der Waals surface area contributed by atoms with Gasteiger partial charge in [0.15, 0.2) is 0 Å². The van der Waals surface area contributed by atoms with E-state index in [1.807, 2.05) is 0 Å². The van der Waals surface area contributed by atoms with Crippen LogP contribution in [-0.2, 0) is 0 Å². The van der Waals surface area contributed by atoms with Crippen LogP contribution < -0.4 is 5.32 Å². The highest BCUT2D eigenvalue weighted by Crippen LogP contribution is 2.23. The van der Waals surface area contributed by atoms with Gasteiger partial charge < -0.3 is 10.2 Å². The Balaban J connectivity index is 1.86. The lowest BCUT2D eigenvalue weighted by molar-refractivity contribution is 0.294. The minimum Gasteiger partial charge on any atom is -0.368 e. The van der Waals surface area contributed by atoms with E-state index in [4.69, 9.17) is 16.9 Å². The van der Waals surface area contributed by atoms with Gasteiger partial charge in [0.05, 0.1) is 5.56 Å². The molecule has 1 fully saturated rings. The molecule has 0 amide bonds. The van der Waals surface area contributed by atoms with E-state index in [9.17, 15) is 0 Å². The summed E-state index contributed by atoms with van der Waals surface area (Å²) in [4.78, 5) is 6.68. The van der Waals surface area contributed by atoms with Crippen LogP contribution >= 0.6 is 11.6 Å². The number of nitrogens with one attached hydrogen (secondary N) is 1. The van der Waals surface area contributed by atoms with Crippen LogP contribution in [0.4, 0.5) is 5.82 Å². The molecule has 0 saturated carbocycles. The molecule has 1 aliphatic rings. The first kappa shape index (κ1) is 14.1. The summed E-state index contributed by atoms with van der Waals surface area (Å²) in [6, 6.07) is 3.69. The minimum absolute atomic E-state index is 0.415. The van der Waals surface area contributed by atoms with Crippen LogP contribution in [0.15, 0.2) is 12.3 Å². The summed E-state index contributed by atoms with van der Waals surface area (Å²) in [5, 5.41) is 12.6. The lowest BCUT2D eigenvalue weighted by Crippen LogP contribution is -2.29. The molecule has 0 spiro atoms. The molecule has 0 aliphatic carbocycles. The predicted molar refractivity (Wildman–Crippen MR) is 77.3 cm³/mol. The van der Waals surface area contributed by atoms with Crippen LogP contribution in [0, 0.1) is 17.2 Å². The smallest absolute Gasteiger partial charge is 0.146 e. The van der Waals surface area contributed by atoms with Crippen LogP contribution in [0.3, 0.4) is 0 Å². The standard InChI is InChI=1S/C14H19ClN4/c1-11(10-19-6-2-3-7-19)9-18-14-13(15)12(8-16)4-5-17-14/h4-5,11H,2-3,6-7,9-10H2,1H3,(H,17,18). The second-order valence-corrected chi connectivity index (χ2v) is 5.50. The lowest BCUT2D eigenvalue weighted by Gasteiger charge is -2.20. The number of pyridine rings is 1. The first-order valence-corrected chi connectivity index (χ1v) is 7.09. The van der Waals surface area contributed by atoms with Gasteiger partial charge in [-0.2, -0.15) is 5.26 Å². The number of hydrogen-bond acceptors (Lipinski definition) is 4. The highest BCUT2D eigenvalue weighted by molar-refractivity contribution is 6.34. The van der Waals surface area contributed by atoms with E-state index in [2.05, 4.69) is 28.2 Å². The van der Waals surface area contributed by atoms with Gasteiger partial charge in [-0.3, -0.25) is 0 Å². The van der Waals surface area contributed by atoms with Crippen molar-refractivity contribution in [3.8, 4) is 6.07 Å². The topological polar surface area (TPSA) is 52.0 Å². The number of anilines is 1. The largest absolute Gasteiger partial charge is 0.368 e. The normalized spacial score (nSPS) is 17.1. The Labute approximate surface area is 119 Å². The van der Waals surface area contributed by atoms with Crippen molar-refractivity contribution in [2.45, 2.75) is 19.8 Å². The third-order valence-electron chi connectivity index (χ3n) is 3.40. The maximum atomic E-state index is 8.91. The summed E-state index contributed by atoms with van der Waals surface area (Å²) in [5.41, 5.74) is 0.464. The molecule has 1 aliphatic heterocycles. The fraction of sp³-hybridized carbons (Fsp3) is 0.571. The van der Waals surface area contributed by atoms with Crippen molar-refractivity contribution in [3.63, 3.8) is 0 Å². The van der Waals surface area contributed by atoms with Gasteiger partial charge in [0.1, 0.15) is 16.9 Å². The van der Waals surface area contributed by atoms with Gasteiger partial charge in [0.25, 0.3) is 0 Å². The van der Waals surface area contributed by atoms with E-state index in [0.29, 0.717) is 22.3 Å². The third kappa shape index (κ3) is 3.82. The molecule has 0 bridgehead atoms. The molecule has 1 aromatic rings. The Morgan fingerprint density at radius 2 is 2.26 bits per heavy atom. The van der Waals surface area contributed by atoms with E-state index >= 15 is 0 Å². The molecule has 19 heavy (non-hydrogen) atoms. The summed E-state index contributed by atoms with van der Waals surface area (Å²) in [5.74, 6) is 1.13. The molecule has 0 radical (unpaired) electrons. The zero-order chi connectivity index (χ0) is 13.7. The molecule has 2 rings (SSSR count). The number of nitriles is 1. The van der Waals surface area contributed by atoms with Crippen molar-refractivity contribution in [3.05, 3.63) is 22.8 Å². The van der Waals surface area contributed by atoms with Crippen molar-refractivity contribution < 1.29 is 0 Å². The van der Waals surface area contributed by atoms with Crippen LogP contribution in [0.5, 0.6) is 0 Å². The molecule has 5 heteroatoms. The Hall–Kier alpha value is -1.31. The van der Waals surface area contributed by atoms with Gasteiger partial charge in [-0.1, -0.05) is 18.5 Å². The monoisotopic (exact) mass is 278 g/mol. The van der Waals surface area contributed by atoms with E-state index in [1.165, 1.54) is 25.9 Å². The van der Waals surface area contributed by atoms with Crippen molar-refractivity contribution >= 4 is 17.4 Å². The zero-order valence-corrected chi connectivity index (χ0v) is 12.0. The van der Waals surface area contributed by atoms with Gasteiger partial charge in [0, 0.05) is 19.3 Å². The predicted octanol–water partition coefficient (Wildman–Crippen LogP) is 2.75. The van der Waals surface area contributed by atoms with Gasteiger partial charge in [0.2, 0.25) is 0 Å². The van der Waals surface area contributed by atoms with Gasteiger partial charge >= 0.3 is 0 Å². The van der Waals surface area contributed by atoms with Gasteiger partial charge in [-0.25, -0.2) is 4.98 Å². The number of likely N-dealkylation sites (tertiary alicyclic amines) is 1. The first-order valence-electron chi connectivity index (χ1n) is 6.71. The Morgan fingerprint density at radius 1 is 1.53 bits per heavy atom. The summed E-state index contributed by atoms with van der Waals surface area (Å²) in [6.07, 6.45) is 4.24. The SMILES string of the molecule is CC(CNc1nccc(C#N)c1Cl)CN1CCCC1. The molecular formula is C14H19ClN4. The van der Waals surface area contributed by atoms with Gasteiger partial charge in [-0.15, -0.1) is 0 Å². The van der Waals surface area contributed by atoms with Crippen LogP contribution in [-0.4, -0.2) is 36.1 Å². The molecule has 0 aromatic carbocycles. The first-order chi connectivity index (χ1) is 9.20. The second kappa shape index (κ2) is 6.74. The fourth-order valence-corrected chi connectivity index (χ4v) is 2.62. The summed E-state index contributed by atoms with van der Waals surface area (Å²) < 4.78 is 0. The number of hydrogen-bond donors (Lipinski definition) is 1. The summed E-state index contributed by atoms with van der Waals surface area (Å²) in [6.45, 7) is 6.56. The molecule has 1 N–H and O–H groups in total. The Kier molecular flexibility index (Phi) is 5.00. The van der Waals surface area contributed by atoms with Crippen molar-refractivity contribution in [1.82, 2.24) is 9.88 Å². The summed E-state index contributed by atoms with van der Waals surface area (Å²) in [7, 11) is 0. The average molecular weight is 279 g/mol. The maximum absolute atomic E-state index is 8.91. The molecule has 1 unspecified atom stereocenters. The Morgan fingerprint density at radius 3 is 2.95 bits per heavy atom. The van der Waals surface area contributed by atoms with E-state index in [-0.39, 0.29) is 0 Å². The molecule has 2 heterocycles. The van der Waals surface area contributed by atoms with Crippen molar-refractivity contribution in [1.29, 1.82) is 5.26 Å². The average Bonchev–Trinajstić information content (AvgIpc) is 2.90. The van der Waals surface area contributed by atoms with Crippen molar-refractivity contribution in [2.75, 3.05) is 31.5 Å². The summed E-state index contributed by atoms with van der Waals surface area (Å²) >= 11 is 6.10. The van der Waals surface area contributed by atoms with Crippen LogP contribution in [0.25, 0.3) is 0 Å².